The van der Waals surface area contributed by atoms with Crippen molar-refractivity contribution in [1.82, 2.24) is 14.5 Å². The van der Waals surface area contributed by atoms with Gasteiger partial charge < -0.3 is 14.4 Å². The number of aryl methyl sites for hydroxylation is 1. The topological polar surface area (TPSA) is 73.7 Å². The highest BCUT2D eigenvalue weighted by atomic mass is 79.9. The number of carbonyl (C=O) groups excluding carboxylic acids is 1. The first-order valence-corrected chi connectivity index (χ1v) is 11.4. The van der Waals surface area contributed by atoms with Crippen molar-refractivity contribution in [2.75, 3.05) is 26.3 Å². The van der Waals surface area contributed by atoms with E-state index in [1.807, 2.05) is 6.07 Å². The summed E-state index contributed by atoms with van der Waals surface area (Å²) in [5.74, 6) is -1.11. The minimum atomic E-state index is -0.743. The molecule has 1 amide bonds. The Kier molecular flexibility index (Phi) is 7.38. The molecule has 0 atom stereocenters. The fraction of sp³-hybridized carbons (Fsp3) is 0.292. The van der Waals surface area contributed by atoms with Gasteiger partial charge in [0.05, 0.1) is 19.8 Å². The van der Waals surface area contributed by atoms with Gasteiger partial charge in [0.2, 0.25) is 5.88 Å². The van der Waals surface area contributed by atoms with Crippen LogP contribution in [0.1, 0.15) is 27.3 Å². The Bertz CT molecular complexity index is 1280. The summed E-state index contributed by atoms with van der Waals surface area (Å²) < 4.78 is 39.3. The highest BCUT2D eigenvalue weighted by Crippen LogP contribution is 2.21. The average molecular weight is 534 g/mol. The monoisotopic (exact) mass is 533 g/mol. The summed E-state index contributed by atoms with van der Waals surface area (Å²) >= 11 is 3.22. The lowest BCUT2D eigenvalue weighted by molar-refractivity contribution is 0.0303. The lowest BCUT2D eigenvalue weighted by Gasteiger charge is -2.27. The van der Waals surface area contributed by atoms with Crippen LogP contribution in [-0.2, 0) is 17.9 Å². The summed E-state index contributed by atoms with van der Waals surface area (Å²) in [5, 5.41) is 0. The molecule has 178 valence electrons. The quantitative estimate of drug-likeness (QED) is 0.483. The summed E-state index contributed by atoms with van der Waals surface area (Å²) in [6.07, 6.45) is 0. The van der Waals surface area contributed by atoms with E-state index in [1.165, 1.54) is 10.6 Å². The van der Waals surface area contributed by atoms with Crippen molar-refractivity contribution in [3.8, 4) is 5.88 Å². The maximum absolute atomic E-state index is 13.9. The predicted octanol–water partition coefficient (Wildman–Crippen LogP) is 3.69. The molecule has 1 saturated heterocycles. The zero-order chi connectivity index (χ0) is 24.2. The third-order valence-electron chi connectivity index (χ3n) is 5.47. The smallest absolute Gasteiger partial charge is 0.272 e. The molecule has 0 aliphatic carbocycles. The number of hydrogen-bond donors (Lipinski definition) is 0. The van der Waals surface area contributed by atoms with E-state index in [0.29, 0.717) is 37.7 Å². The van der Waals surface area contributed by atoms with Gasteiger partial charge in [0.15, 0.2) is 0 Å². The summed E-state index contributed by atoms with van der Waals surface area (Å²) in [6, 6.07) is 10.3. The first-order valence-electron chi connectivity index (χ1n) is 10.6. The van der Waals surface area contributed by atoms with Gasteiger partial charge in [0, 0.05) is 30.3 Å². The van der Waals surface area contributed by atoms with E-state index in [4.69, 9.17) is 9.47 Å². The third kappa shape index (κ3) is 5.34. The molecule has 10 heteroatoms. The molecule has 0 N–H and O–H groups in total. The predicted molar refractivity (Wildman–Crippen MR) is 124 cm³/mol. The van der Waals surface area contributed by atoms with E-state index in [1.54, 1.807) is 30.0 Å². The van der Waals surface area contributed by atoms with E-state index in [0.717, 1.165) is 17.7 Å². The van der Waals surface area contributed by atoms with E-state index in [2.05, 4.69) is 20.9 Å². The highest BCUT2D eigenvalue weighted by Gasteiger charge is 2.19. The number of halogens is 3. The van der Waals surface area contributed by atoms with Crippen molar-refractivity contribution in [3.63, 3.8) is 0 Å². The Morgan fingerprint density at radius 1 is 1.18 bits per heavy atom. The van der Waals surface area contributed by atoms with Crippen LogP contribution < -0.4 is 10.3 Å². The van der Waals surface area contributed by atoms with Crippen molar-refractivity contribution in [2.24, 2.45) is 0 Å². The second-order valence-electron chi connectivity index (χ2n) is 7.80. The van der Waals surface area contributed by atoms with Crippen molar-refractivity contribution >= 4 is 21.8 Å². The molecule has 1 aliphatic rings. The standard InChI is InChI=1S/C24H22BrF2N3O4/c1-15-28-22(34-14-18-5-6-19(26)12-20(18)27)21(25)24(32)30(15)13-16-3-2-4-17(11-16)23(31)29-7-9-33-10-8-29/h2-6,11-12H,7-10,13-14H2,1H3. The number of benzene rings is 2. The molecule has 2 heterocycles. The van der Waals surface area contributed by atoms with Crippen LogP contribution in [0.3, 0.4) is 0 Å². The number of carbonyl (C=O) groups is 1. The van der Waals surface area contributed by atoms with Crippen LogP contribution in [0.15, 0.2) is 51.7 Å². The molecule has 4 rings (SSSR count). The van der Waals surface area contributed by atoms with Gasteiger partial charge in [-0.15, -0.1) is 0 Å². The average Bonchev–Trinajstić information content (AvgIpc) is 2.84. The van der Waals surface area contributed by atoms with E-state index >= 15 is 0 Å². The minimum absolute atomic E-state index is 0.0127. The van der Waals surface area contributed by atoms with Crippen molar-refractivity contribution in [3.05, 3.63) is 91.4 Å². The second-order valence-corrected chi connectivity index (χ2v) is 8.59. The van der Waals surface area contributed by atoms with Gasteiger partial charge in [0.25, 0.3) is 11.5 Å². The zero-order valence-electron chi connectivity index (χ0n) is 18.4. The van der Waals surface area contributed by atoms with E-state index in [-0.39, 0.29) is 40.5 Å². The molecule has 0 saturated carbocycles. The summed E-state index contributed by atoms with van der Waals surface area (Å²) in [5.41, 5.74) is 1.06. The van der Waals surface area contributed by atoms with E-state index in [9.17, 15) is 18.4 Å². The number of hydrogen-bond acceptors (Lipinski definition) is 5. The molecule has 7 nitrogen and oxygen atoms in total. The van der Waals surface area contributed by atoms with Crippen LogP contribution in [0.25, 0.3) is 0 Å². The van der Waals surface area contributed by atoms with Crippen LogP contribution >= 0.6 is 15.9 Å². The fourth-order valence-corrected chi connectivity index (χ4v) is 4.03. The largest absolute Gasteiger partial charge is 0.472 e. The van der Waals surface area contributed by atoms with Gasteiger partial charge in [-0.3, -0.25) is 14.2 Å². The lowest BCUT2D eigenvalue weighted by Crippen LogP contribution is -2.40. The molecule has 0 spiro atoms. The van der Waals surface area contributed by atoms with E-state index < -0.39 is 11.6 Å². The van der Waals surface area contributed by atoms with Crippen LogP contribution in [0, 0.1) is 18.6 Å². The first kappa shape index (κ1) is 24.0. The number of rotatable bonds is 6. The molecule has 3 aromatic rings. The van der Waals surface area contributed by atoms with Crippen LogP contribution in [0.4, 0.5) is 8.78 Å². The van der Waals surface area contributed by atoms with Crippen LogP contribution in [-0.4, -0.2) is 46.7 Å². The van der Waals surface area contributed by atoms with Gasteiger partial charge in [-0.2, -0.15) is 4.98 Å². The van der Waals surface area contributed by atoms with Gasteiger partial charge in [-0.05, 0) is 52.7 Å². The number of ether oxygens (including phenoxy) is 2. The number of nitrogens with zero attached hydrogens (tertiary/aromatic N) is 3. The molecule has 1 aliphatic heterocycles. The molecule has 1 fully saturated rings. The van der Waals surface area contributed by atoms with Gasteiger partial charge >= 0.3 is 0 Å². The van der Waals surface area contributed by atoms with Crippen LogP contribution in [0.2, 0.25) is 0 Å². The SMILES string of the molecule is Cc1nc(OCc2ccc(F)cc2F)c(Br)c(=O)n1Cc1cccc(C(=O)N2CCOCC2)c1. The highest BCUT2D eigenvalue weighted by molar-refractivity contribution is 9.10. The van der Waals surface area contributed by atoms with Crippen molar-refractivity contribution in [2.45, 2.75) is 20.1 Å². The Balaban J connectivity index is 1.52. The molecule has 1 aromatic heterocycles. The van der Waals surface area contributed by atoms with Gasteiger partial charge in [-0.1, -0.05) is 12.1 Å². The maximum atomic E-state index is 13.9. The molecule has 2 aromatic carbocycles. The lowest BCUT2D eigenvalue weighted by atomic mass is 10.1. The Hall–Kier alpha value is -3.11. The fourth-order valence-electron chi connectivity index (χ4n) is 3.61. The van der Waals surface area contributed by atoms with Crippen LogP contribution in [0.5, 0.6) is 5.88 Å². The molecular formula is C24H22BrF2N3O4. The summed E-state index contributed by atoms with van der Waals surface area (Å²) in [7, 11) is 0. The summed E-state index contributed by atoms with van der Waals surface area (Å²) in [6.45, 7) is 3.76. The normalized spacial score (nSPS) is 13.7. The molecule has 0 radical (unpaired) electrons. The second kappa shape index (κ2) is 10.4. The van der Waals surface area contributed by atoms with Crippen molar-refractivity contribution < 1.29 is 23.0 Å². The Morgan fingerprint density at radius 3 is 2.68 bits per heavy atom. The molecular weight excluding hydrogens is 512 g/mol. The molecule has 34 heavy (non-hydrogen) atoms. The van der Waals surface area contributed by atoms with Gasteiger partial charge in [-0.25, -0.2) is 8.78 Å². The Morgan fingerprint density at radius 2 is 1.94 bits per heavy atom. The van der Waals surface area contributed by atoms with Gasteiger partial charge in [0.1, 0.15) is 28.5 Å². The summed E-state index contributed by atoms with van der Waals surface area (Å²) in [4.78, 5) is 31.8. The number of amides is 1. The first-order chi connectivity index (χ1) is 16.3. The third-order valence-corrected chi connectivity index (χ3v) is 6.15. The molecule has 0 bridgehead atoms. The number of aromatic nitrogens is 2. The molecule has 0 unspecified atom stereocenters. The minimum Gasteiger partial charge on any atom is -0.472 e. The zero-order valence-corrected chi connectivity index (χ0v) is 20.0. The van der Waals surface area contributed by atoms with Crippen molar-refractivity contribution in [1.29, 1.82) is 0 Å². The number of morpholine rings is 1. The maximum Gasteiger partial charge on any atom is 0.272 e. The Labute approximate surface area is 203 Å².